The van der Waals surface area contributed by atoms with Crippen LogP contribution in [0.5, 0.6) is 0 Å². The third-order valence-electron chi connectivity index (χ3n) is 2.79. The Balaban J connectivity index is 2.31. The quantitative estimate of drug-likeness (QED) is 0.847. The van der Waals surface area contributed by atoms with Gasteiger partial charge >= 0.3 is 5.97 Å². The molecule has 0 spiro atoms. The Morgan fingerprint density at radius 1 is 1.53 bits per heavy atom. The van der Waals surface area contributed by atoms with E-state index >= 15 is 0 Å². The van der Waals surface area contributed by atoms with Crippen LogP contribution in [0.25, 0.3) is 0 Å². The summed E-state index contributed by atoms with van der Waals surface area (Å²) in [5.74, 6) is -1.05. The van der Waals surface area contributed by atoms with Crippen LogP contribution in [-0.4, -0.2) is 44.0 Å². The number of pyridine rings is 1. The van der Waals surface area contributed by atoms with Crippen molar-refractivity contribution in [1.82, 2.24) is 9.88 Å². The zero-order valence-electron chi connectivity index (χ0n) is 9.84. The van der Waals surface area contributed by atoms with E-state index in [1.807, 2.05) is 0 Å². The number of carbonyl (C=O) groups excluding carboxylic acids is 1. The van der Waals surface area contributed by atoms with Gasteiger partial charge in [0, 0.05) is 11.9 Å². The van der Waals surface area contributed by atoms with Crippen LogP contribution in [0, 0.1) is 0 Å². The predicted octanol–water partition coefficient (Wildman–Crippen LogP) is 2.38. The summed E-state index contributed by atoms with van der Waals surface area (Å²) in [7, 11) is 0. The van der Waals surface area contributed by atoms with Crippen molar-refractivity contribution < 1.29 is 14.7 Å². The average molecular weight is 321 g/mol. The highest BCUT2D eigenvalue weighted by Crippen LogP contribution is 2.31. The molecule has 1 aromatic rings. The van der Waals surface area contributed by atoms with Crippen molar-refractivity contribution in [2.24, 2.45) is 0 Å². The lowest BCUT2D eigenvalue weighted by molar-refractivity contribution is -0.141. The fourth-order valence-corrected chi connectivity index (χ4v) is 3.27. The standard InChI is InChI=1S/C11H10Cl2N2O3S/c1-5-15(8(4-19-5)11(17)18)10(16)6-2-7(12)9(13)14-3-6/h2-3,5,8H,4H2,1H3,(H,17,18). The third kappa shape index (κ3) is 2.80. The van der Waals surface area contributed by atoms with Gasteiger partial charge in [-0.3, -0.25) is 4.79 Å². The van der Waals surface area contributed by atoms with Crippen molar-refractivity contribution in [3.8, 4) is 0 Å². The van der Waals surface area contributed by atoms with Gasteiger partial charge in [0.2, 0.25) is 0 Å². The zero-order valence-corrected chi connectivity index (χ0v) is 12.2. The van der Waals surface area contributed by atoms with E-state index in [1.54, 1.807) is 6.92 Å². The van der Waals surface area contributed by atoms with Crippen molar-refractivity contribution in [2.75, 3.05) is 5.75 Å². The minimum absolute atomic E-state index is 0.108. The predicted molar refractivity (Wildman–Crippen MR) is 73.8 cm³/mol. The molecule has 1 aliphatic heterocycles. The Kier molecular flexibility index (Phi) is 4.23. The minimum Gasteiger partial charge on any atom is -0.480 e. The molecule has 1 aromatic heterocycles. The maximum Gasteiger partial charge on any atom is 0.327 e. The van der Waals surface area contributed by atoms with E-state index in [2.05, 4.69) is 4.98 Å². The second kappa shape index (κ2) is 5.56. The topological polar surface area (TPSA) is 70.5 Å². The van der Waals surface area contributed by atoms with E-state index in [9.17, 15) is 9.59 Å². The highest BCUT2D eigenvalue weighted by molar-refractivity contribution is 8.00. The SMILES string of the molecule is CC1SCC(C(=O)O)N1C(=O)c1cnc(Cl)c(Cl)c1. The fraction of sp³-hybridized carbons (Fsp3) is 0.364. The number of aliphatic carboxylic acids is 1. The molecule has 2 unspecified atom stereocenters. The summed E-state index contributed by atoms with van der Waals surface area (Å²) in [6.07, 6.45) is 1.30. The van der Waals surface area contributed by atoms with Crippen LogP contribution < -0.4 is 0 Å². The lowest BCUT2D eigenvalue weighted by atomic mass is 10.2. The van der Waals surface area contributed by atoms with Crippen LogP contribution in [0.15, 0.2) is 12.3 Å². The highest BCUT2D eigenvalue weighted by atomic mass is 35.5. The Morgan fingerprint density at radius 3 is 2.79 bits per heavy atom. The summed E-state index contributed by atoms with van der Waals surface area (Å²) in [6, 6.07) is 0.565. The van der Waals surface area contributed by atoms with Gasteiger partial charge in [0.1, 0.15) is 11.2 Å². The van der Waals surface area contributed by atoms with Gasteiger partial charge in [-0.05, 0) is 13.0 Å². The van der Waals surface area contributed by atoms with Gasteiger partial charge in [-0.25, -0.2) is 9.78 Å². The van der Waals surface area contributed by atoms with Crippen LogP contribution in [-0.2, 0) is 4.79 Å². The Bertz CT molecular complexity index is 541. The average Bonchev–Trinajstić information content (AvgIpc) is 2.74. The molecular formula is C11H10Cl2N2O3S. The summed E-state index contributed by atoms with van der Waals surface area (Å²) < 4.78 is 0. The highest BCUT2D eigenvalue weighted by Gasteiger charge is 2.39. The molecular weight excluding hydrogens is 311 g/mol. The normalized spacial score (nSPS) is 22.6. The molecule has 102 valence electrons. The van der Waals surface area contributed by atoms with Crippen LogP contribution in [0.4, 0.5) is 0 Å². The molecule has 1 amide bonds. The number of thioether (sulfide) groups is 1. The van der Waals surface area contributed by atoms with Crippen molar-refractivity contribution in [1.29, 1.82) is 0 Å². The number of halogens is 2. The zero-order chi connectivity index (χ0) is 14.2. The molecule has 1 aliphatic rings. The number of aromatic nitrogens is 1. The molecule has 1 N–H and O–H groups in total. The Labute approximate surface area is 123 Å². The van der Waals surface area contributed by atoms with E-state index < -0.39 is 17.9 Å². The maximum atomic E-state index is 12.3. The van der Waals surface area contributed by atoms with Crippen molar-refractivity contribution in [3.05, 3.63) is 28.0 Å². The fourth-order valence-electron chi connectivity index (χ4n) is 1.83. The number of hydrogen-bond donors (Lipinski definition) is 1. The second-order valence-electron chi connectivity index (χ2n) is 4.00. The lowest BCUT2D eigenvalue weighted by Gasteiger charge is -2.24. The number of hydrogen-bond acceptors (Lipinski definition) is 4. The molecule has 0 aromatic carbocycles. The smallest absolute Gasteiger partial charge is 0.327 e. The monoisotopic (exact) mass is 320 g/mol. The Morgan fingerprint density at radius 2 is 2.21 bits per heavy atom. The number of amides is 1. The molecule has 2 atom stereocenters. The molecule has 5 nitrogen and oxygen atoms in total. The first-order valence-corrected chi connectivity index (χ1v) is 7.20. The lowest BCUT2D eigenvalue weighted by Crippen LogP contribution is -2.44. The van der Waals surface area contributed by atoms with Crippen LogP contribution in [0.1, 0.15) is 17.3 Å². The van der Waals surface area contributed by atoms with E-state index in [0.717, 1.165) is 0 Å². The third-order valence-corrected chi connectivity index (χ3v) is 4.69. The first-order valence-electron chi connectivity index (χ1n) is 5.40. The molecule has 0 aliphatic carbocycles. The number of nitrogens with zero attached hydrogens (tertiary/aromatic N) is 2. The van der Waals surface area contributed by atoms with Crippen LogP contribution >= 0.6 is 35.0 Å². The number of carboxylic acid groups (broad SMARTS) is 1. The molecule has 0 bridgehead atoms. The van der Waals surface area contributed by atoms with E-state index in [0.29, 0.717) is 5.75 Å². The van der Waals surface area contributed by atoms with Crippen molar-refractivity contribution in [3.63, 3.8) is 0 Å². The van der Waals surface area contributed by atoms with Gasteiger partial charge in [0.25, 0.3) is 5.91 Å². The van der Waals surface area contributed by atoms with Gasteiger partial charge in [-0.15, -0.1) is 11.8 Å². The van der Waals surface area contributed by atoms with E-state index in [-0.39, 0.29) is 21.1 Å². The minimum atomic E-state index is -1.02. The molecule has 0 saturated carbocycles. The summed E-state index contributed by atoms with van der Waals surface area (Å²) in [5, 5.41) is 9.19. The number of carbonyl (C=O) groups is 2. The van der Waals surface area contributed by atoms with E-state index in [4.69, 9.17) is 28.3 Å². The molecule has 1 saturated heterocycles. The summed E-state index contributed by atoms with van der Waals surface area (Å²) >= 11 is 12.9. The van der Waals surface area contributed by atoms with E-state index in [1.165, 1.54) is 28.9 Å². The van der Waals surface area contributed by atoms with Gasteiger partial charge in [-0.2, -0.15) is 0 Å². The summed E-state index contributed by atoms with van der Waals surface area (Å²) in [5.41, 5.74) is 0.231. The number of carboxylic acids is 1. The Hall–Kier alpha value is -0.980. The maximum absolute atomic E-state index is 12.3. The first kappa shape index (κ1) is 14.4. The van der Waals surface area contributed by atoms with Crippen molar-refractivity contribution in [2.45, 2.75) is 18.3 Å². The number of rotatable bonds is 2. The van der Waals surface area contributed by atoms with Gasteiger partial charge in [0.15, 0.2) is 0 Å². The van der Waals surface area contributed by atoms with Gasteiger partial charge < -0.3 is 10.0 Å². The van der Waals surface area contributed by atoms with Gasteiger partial charge in [-0.1, -0.05) is 23.2 Å². The summed E-state index contributed by atoms with van der Waals surface area (Å²) in [4.78, 5) is 28.6. The molecule has 1 fully saturated rings. The largest absolute Gasteiger partial charge is 0.480 e. The molecule has 2 rings (SSSR count). The van der Waals surface area contributed by atoms with Crippen LogP contribution in [0.2, 0.25) is 10.2 Å². The molecule has 2 heterocycles. The van der Waals surface area contributed by atoms with Gasteiger partial charge in [0.05, 0.1) is 16.0 Å². The second-order valence-corrected chi connectivity index (χ2v) is 6.11. The first-order chi connectivity index (χ1) is 8.91. The molecule has 8 heteroatoms. The molecule has 0 radical (unpaired) electrons. The van der Waals surface area contributed by atoms with Crippen LogP contribution in [0.3, 0.4) is 0 Å². The summed E-state index contributed by atoms with van der Waals surface area (Å²) in [6.45, 7) is 1.79. The molecule has 19 heavy (non-hydrogen) atoms. The van der Waals surface area contributed by atoms with Crippen molar-refractivity contribution >= 4 is 46.8 Å².